The van der Waals surface area contributed by atoms with E-state index in [1.165, 1.54) is 0 Å². The summed E-state index contributed by atoms with van der Waals surface area (Å²) in [6, 6.07) is 15.1. The minimum absolute atomic E-state index is 0.0392. The Balaban J connectivity index is 2.17. The van der Waals surface area contributed by atoms with Gasteiger partial charge in [0.2, 0.25) is 0 Å². The van der Waals surface area contributed by atoms with Crippen molar-refractivity contribution in [3.05, 3.63) is 83.1 Å². The summed E-state index contributed by atoms with van der Waals surface area (Å²) in [5.41, 5.74) is 1.41. The number of hydrogen-bond donors (Lipinski definition) is 4. The average Bonchev–Trinajstić information content (AvgIpc) is 2.77. The minimum atomic E-state index is -1.36. The van der Waals surface area contributed by atoms with Gasteiger partial charge >= 0.3 is 11.9 Å². The number of anilines is 2. The van der Waals surface area contributed by atoms with Gasteiger partial charge in [-0.05, 0) is 63.1 Å². The smallest absolute Gasteiger partial charge is 0.337 e. The Hall–Kier alpha value is -3.54. The standard InChI is InChI=1S/C26H30N2O4/c1-5-25(24(31)32)16-22(27-19-11-7-17(3)8-12-19)21(23(29)30)15-26(25,6-2)28-20-13-9-18(4)10-14-20/h7-16,27-28H,5-6H2,1-4H3,(H,29,30)(H,31,32). The molecule has 0 bridgehead atoms. The molecule has 0 saturated carbocycles. The molecule has 0 heterocycles. The number of carbonyl (C=O) groups is 2. The van der Waals surface area contributed by atoms with Gasteiger partial charge in [-0.25, -0.2) is 4.79 Å². The molecule has 32 heavy (non-hydrogen) atoms. The second-order valence-electron chi connectivity index (χ2n) is 8.36. The number of carboxylic acid groups (broad SMARTS) is 2. The monoisotopic (exact) mass is 434 g/mol. The highest BCUT2D eigenvalue weighted by atomic mass is 16.4. The van der Waals surface area contributed by atoms with Gasteiger partial charge < -0.3 is 20.8 Å². The van der Waals surface area contributed by atoms with E-state index in [1.54, 1.807) is 12.2 Å². The summed E-state index contributed by atoms with van der Waals surface area (Å²) in [6.45, 7) is 7.62. The Morgan fingerprint density at radius 2 is 1.34 bits per heavy atom. The van der Waals surface area contributed by atoms with Crippen LogP contribution in [-0.2, 0) is 9.59 Å². The van der Waals surface area contributed by atoms with Gasteiger partial charge in [-0.15, -0.1) is 0 Å². The fourth-order valence-electron chi connectivity index (χ4n) is 4.35. The Morgan fingerprint density at radius 3 is 1.78 bits per heavy atom. The molecule has 2 atom stereocenters. The minimum Gasteiger partial charge on any atom is -0.481 e. The van der Waals surface area contributed by atoms with Crippen LogP contribution in [0.3, 0.4) is 0 Å². The molecule has 4 N–H and O–H groups in total. The van der Waals surface area contributed by atoms with Gasteiger partial charge in [-0.1, -0.05) is 49.2 Å². The Bertz CT molecular complexity index is 1070. The van der Waals surface area contributed by atoms with Crippen LogP contribution in [0.15, 0.2) is 72.0 Å². The molecule has 2 aromatic carbocycles. The first kappa shape index (κ1) is 23.1. The number of carboxylic acids is 2. The quantitative estimate of drug-likeness (QED) is 0.446. The van der Waals surface area contributed by atoms with E-state index in [1.807, 2.05) is 76.2 Å². The van der Waals surface area contributed by atoms with Gasteiger partial charge in [0.1, 0.15) is 5.41 Å². The molecule has 1 aliphatic carbocycles. The largest absolute Gasteiger partial charge is 0.481 e. The Labute approximate surface area is 188 Å². The van der Waals surface area contributed by atoms with Crippen molar-refractivity contribution in [2.24, 2.45) is 5.41 Å². The summed E-state index contributed by atoms with van der Waals surface area (Å²) in [5, 5.41) is 27.0. The summed E-state index contributed by atoms with van der Waals surface area (Å²) in [7, 11) is 0. The number of benzene rings is 2. The van der Waals surface area contributed by atoms with E-state index in [9.17, 15) is 19.8 Å². The third kappa shape index (κ3) is 4.13. The fraction of sp³-hybridized carbons (Fsp3) is 0.308. The number of rotatable bonds is 8. The zero-order chi connectivity index (χ0) is 23.5. The van der Waals surface area contributed by atoms with Crippen molar-refractivity contribution in [3.63, 3.8) is 0 Å². The van der Waals surface area contributed by atoms with Crippen molar-refractivity contribution < 1.29 is 19.8 Å². The van der Waals surface area contributed by atoms with Gasteiger partial charge in [0, 0.05) is 11.4 Å². The molecule has 0 amide bonds. The van der Waals surface area contributed by atoms with Crippen molar-refractivity contribution >= 4 is 23.3 Å². The maximum absolute atomic E-state index is 12.8. The van der Waals surface area contributed by atoms with Crippen molar-refractivity contribution in [3.8, 4) is 0 Å². The topological polar surface area (TPSA) is 98.7 Å². The van der Waals surface area contributed by atoms with Crippen LogP contribution in [-0.4, -0.2) is 27.7 Å². The molecular formula is C26H30N2O4. The molecule has 3 rings (SSSR count). The predicted molar refractivity (Wildman–Crippen MR) is 127 cm³/mol. The molecule has 6 nitrogen and oxygen atoms in total. The summed E-state index contributed by atoms with van der Waals surface area (Å²) < 4.78 is 0. The number of nitrogens with one attached hydrogen (secondary N) is 2. The van der Waals surface area contributed by atoms with Gasteiger partial charge in [0.15, 0.2) is 0 Å². The van der Waals surface area contributed by atoms with Crippen LogP contribution in [0.25, 0.3) is 0 Å². The van der Waals surface area contributed by atoms with Gasteiger partial charge in [0.05, 0.1) is 16.8 Å². The highest BCUT2D eigenvalue weighted by Gasteiger charge is 2.55. The second-order valence-corrected chi connectivity index (χ2v) is 8.36. The van der Waals surface area contributed by atoms with Gasteiger partial charge in [0.25, 0.3) is 0 Å². The van der Waals surface area contributed by atoms with Crippen LogP contribution in [0.5, 0.6) is 0 Å². The molecule has 0 radical (unpaired) electrons. The molecule has 0 saturated heterocycles. The molecule has 2 aromatic rings. The van der Waals surface area contributed by atoms with E-state index in [-0.39, 0.29) is 17.7 Å². The molecule has 0 aromatic heterocycles. The highest BCUT2D eigenvalue weighted by Crippen LogP contribution is 2.48. The number of aryl methyl sites for hydroxylation is 2. The highest BCUT2D eigenvalue weighted by molar-refractivity contribution is 5.96. The van der Waals surface area contributed by atoms with E-state index >= 15 is 0 Å². The van der Waals surface area contributed by atoms with Crippen LogP contribution >= 0.6 is 0 Å². The lowest BCUT2D eigenvalue weighted by atomic mass is 9.62. The first-order chi connectivity index (χ1) is 15.2. The summed E-state index contributed by atoms with van der Waals surface area (Å²) >= 11 is 0. The number of hydrogen-bond acceptors (Lipinski definition) is 4. The lowest BCUT2D eigenvalue weighted by Gasteiger charge is -2.48. The zero-order valence-corrected chi connectivity index (χ0v) is 18.9. The van der Waals surface area contributed by atoms with Crippen molar-refractivity contribution in [2.45, 2.75) is 46.1 Å². The third-order valence-electron chi connectivity index (χ3n) is 6.34. The maximum Gasteiger partial charge on any atom is 0.337 e. The van der Waals surface area contributed by atoms with Gasteiger partial charge in [-0.2, -0.15) is 0 Å². The first-order valence-electron chi connectivity index (χ1n) is 10.8. The van der Waals surface area contributed by atoms with E-state index in [0.29, 0.717) is 12.1 Å². The van der Waals surface area contributed by atoms with E-state index < -0.39 is 22.9 Å². The zero-order valence-electron chi connectivity index (χ0n) is 18.9. The van der Waals surface area contributed by atoms with Crippen LogP contribution in [0.2, 0.25) is 0 Å². The van der Waals surface area contributed by atoms with Gasteiger partial charge in [-0.3, -0.25) is 4.79 Å². The van der Waals surface area contributed by atoms with Crippen molar-refractivity contribution in [1.82, 2.24) is 0 Å². The van der Waals surface area contributed by atoms with Crippen LogP contribution in [0.1, 0.15) is 37.8 Å². The van der Waals surface area contributed by atoms with Crippen LogP contribution in [0.4, 0.5) is 11.4 Å². The maximum atomic E-state index is 12.8. The van der Waals surface area contributed by atoms with E-state index in [4.69, 9.17) is 0 Å². The lowest BCUT2D eigenvalue weighted by molar-refractivity contribution is -0.149. The van der Waals surface area contributed by atoms with Crippen molar-refractivity contribution in [1.29, 1.82) is 0 Å². The Morgan fingerprint density at radius 1 is 0.812 bits per heavy atom. The average molecular weight is 435 g/mol. The summed E-state index contributed by atoms with van der Waals surface area (Å²) in [5.74, 6) is -2.13. The van der Waals surface area contributed by atoms with Crippen molar-refractivity contribution in [2.75, 3.05) is 10.6 Å². The molecule has 0 aliphatic heterocycles. The summed E-state index contributed by atoms with van der Waals surface area (Å²) in [6.07, 6.45) is 3.80. The normalized spacial score (nSPS) is 22.5. The molecule has 6 heteroatoms. The SMILES string of the molecule is CCC1(Nc2ccc(C)cc2)C=C(C(=O)O)C(Nc2ccc(C)cc2)=CC1(CC)C(=O)O. The molecule has 0 spiro atoms. The van der Waals surface area contributed by atoms with Crippen LogP contribution in [0, 0.1) is 19.3 Å². The molecule has 168 valence electrons. The fourth-order valence-corrected chi connectivity index (χ4v) is 4.35. The van der Waals surface area contributed by atoms with E-state index in [2.05, 4.69) is 10.6 Å². The predicted octanol–water partition coefficient (Wildman–Crippen LogP) is 5.37. The summed E-state index contributed by atoms with van der Waals surface area (Å²) in [4.78, 5) is 25.0. The first-order valence-corrected chi connectivity index (χ1v) is 10.8. The lowest BCUT2D eigenvalue weighted by Crippen LogP contribution is -2.57. The number of aliphatic carboxylic acids is 2. The molecule has 0 fully saturated rings. The molecule has 1 aliphatic rings. The van der Waals surface area contributed by atoms with Crippen LogP contribution < -0.4 is 10.6 Å². The molecular weight excluding hydrogens is 404 g/mol. The Kier molecular flexibility index (Phi) is 6.44. The third-order valence-corrected chi connectivity index (χ3v) is 6.34. The second kappa shape index (κ2) is 8.91. The van der Waals surface area contributed by atoms with E-state index in [0.717, 1.165) is 16.8 Å². The molecule has 2 unspecified atom stereocenters.